The maximum atomic E-state index is 4.09. The van der Waals surface area contributed by atoms with Crippen molar-refractivity contribution in [3.05, 3.63) is 27.2 Å². The van der Waals surface area contributed by atoms with Crippen molar-refractivity contribution < 1.29 is 0 Å². The minimum Gasteiger partial charge on any atom is -0.305 e. The van der Waals surface area contributed by atoms with Crippen molar-refractivity contribution >= 4 is 11.3 Å². The molecule has 1 N–H and O–H groups in total. The summed E-state index contributed by atoms with van der Waals surface area (Å²) in [5, 5.41) is 15.3. The first-order valence-electron chi connectivity index (χ1n) is 6.41. The highest BCUT2D eigenvalue weighted by atomic mass is 32.1. The lowest BCUT2D eigenvalue weighted by Crippen LogP contribution is -2.36. The van der Waals surface area contributed by atoms with Gasteiger partial charge in [0.1, 0.15) is 0 Å². The normalized spacial score (nSPS) is 12.1. The quantitative estimate of drug-likeness (QED) is 0.933. The van der Waals surface area contributed by atoms with E-state index in [4.69, 9.17) is 0 Å². The summed E-state index contributed by atoms with van der Waals surface area (Å²) >= 11 is 1.81. The minimum absolute atomic E-state index is 0.0624. The average molecular weight is 279 g/mol. The van der Waals surface area contributed by atoms with Gasteiger partial charge in [-0.3, -0.25) is 0 Å². The van der Waals surface area contributed by atoms with Gasteiger partial charge in [0.2, 0.25) is 0 Å². The zero-order chi connectivity index (χ0) is 14.0. The Morgan fingerprint density at radius 1 is 1.32 bits per heavy atom. The molecular formula is C13H21N5S. The lowest BCUT2D eigenvalue weighted by atomic mass is 10.1. The molecule has 0 unspecified atom stereocenters. The third kappa shape index (κ3) is 3.84. The van der Waals surface area contributed by atoms with Gasteiger partial charge in [0.15, 0.2) is 5.82 Å². The predicted molar refractivity (Wildman–Crippen MR) is 77.3 cm³/mol. The summed E-state index contributed by atoms with van der Waals surface area (Å²) in [5.74, 6) is 0.874. The Bertz CT molecular complexity index is 530. The van der Waals surface area contributed by atoms with E-state index in [1.54, 1.807) is 0 Å². The summed E-state index contributed by atoms with van der Waals surface area (Å²) in [6, 6.07) is 2.21. The van der Waals surface area contributed by atoms with Crippen LogP contribution in [-0.4, -0.2) is 25.7 Å². The van der Waals surface area contributed by atoms with Crippen LogP contribution >= 0.6 is 11.3 Å². The van der Waals surface area contributed by atoms with Crippen LogP contribution in [0.2, 0.25) is 0 Å². The summed E-state index contributed by atoms with van der Waals surface area (Å²) in [6.07, 6.45) is 0. The molecule has 0 amide bonds. The second-order valence-corrected chi connectivity index (χ2v) is 7.15. The van der Waals surface area contributed by atoms with Gasteiger partial charge in [-0.15, -0.1) is 16.4 Å². The highest BCUT2D eigenvalue weighted by Gasteiger charge is 2.13. The van der Waals surface area contributed by atoms with Crippen molar-refractivity contribution in [2.45, 2.75) is 53.2 Å². The van der Waals surface area contributed by atoms with Crippen molar-refractivity contribution in [1.29, 1.82) is 0 Å². The number of nitrogens with zero attached hydrogens (tertiary/aromatic N) is 4. The van der Waals surface area contributed by atoms with Crippen LogP contribution in [0.15, 0.2) is 6.07 Å². The molecule has 0 atom stereocenters. The highest BCUT2D eigenvalue weighted by molar-refractivity contribution is 7.12. The zero-order valence-corrected chi connectivity index (χ0v) is 13.0. The lowest BCUT2D eigenvalue weighted by Gasteiger charge is -2.19. The predicted octanol–water partition coefficient (Wildman–Crippen LogP) is 2.29. The Balaban J connectivity index is 2.07. The molecule has 2 rings (SSSR count). The van der Waals surface area contributed by atoms with Gasteiger partial charge in [-0.05, 0) is 56.7 Å². The number of aromatic nitrogens is 4. The van der Waals surface area contributed by atoms with E-state index in [2.05, 4.69) is 61.5 Å². The molecule has 104 valence electrons. The summed E-state index contributed by atoms with van der Waals surface area (Å²) in [4.78, 5) is 2.65. The van der Waals surface area contributed by atoms with Crippen LogP contribution in [0.3, 0.4) is 0 Å². The van der Waals surface area contributed by atoms with Gasteiger partial charge >= 0.3 is 0 Å². The van der Waals surface area contributed by atoms with E-state index in [1.165, 1.54) is 15.3 Å². The monoisotopic (exact) mass is 279 g/mol. The number of thiophene rings is 1. The van der Waals surface area contributed by atoms with Crippen LogP contribution in [0.25, 0.3) is 0 Å². The molecule has 0 radical (unpaired) electrons. The van der Waals surface area contributed by atoms with Gasteiger partial charge in [-0.2, -0.15) is 0 Å². The van der Waals surface area contributed by atoms with E-state index in [-0.39, 0.29) is 5.54 Å². The van der Waals surface area contributed by atoms with Crippen molar-refractivity contribution in [2.24, 2.45) is 0 Å². The highest BCUT2D eigenvalue weighted by Crippen LogP contribution is 2.21. The molecule has 6 heteroatoms. The number of hydrogen-bond donors (Lipinski definition) is 1. The molecule has 0 aromatic carbocycles. The van der Waals surface area contributed by atoms with Crippen LogP contribution in [-0.2, 0) is 13.1 Å². The van der Waals surface area contributed by atoms with E-state index in [9.17, 15) is 0 Å². The first kappa shape index (κ1) is 14.1. The molecule has 0 spiro atoms. The summed E-state index contributed by atoms with van der Waals surface area (Å²) in [5.41, 5.74) is 1.40. The smallest absolute Gasteiger partial charge is 0.165 e. The molecular weight excluding hydrogens is 258 g/mol. The fraction of sp³-hybridized carbons (Fsp3) is 0.615. The second-order valence-electron chi connectivity index (χ2n) is 5.81. The molecule has 0 fully saturated rings. The number of rotatable bonds is 4. The third-order valence-corrected chi connectivity index (χ3v) is 4.04. The Morgan fingerprint density at radius 3 is 2.63 bits per heavy atom. The molecule has 0 saturated heterocycles. The Kier molecular flexibility index (Phi) is 4.01. The molecule has 0 aliphatic heterocycles. The maximum Gasteiger partial charge on any atom is 0.165 e. The fourth-order valence-corrected chi connectivity index (χ4v) is 2.73. The van der Waals surface area contributed by atoms with Gasteiger partial charge in [-0.25, -0.2) is 4.68 Å². The molecule has 19 heavy (non-hydrogen) atoms. The molecule has 5 nitrogen and oxygen atoms in total. The lowest BCUT2D eigenvalue weighted by molar-refractivity contribution is 0.410. The van der Waals surface area contributed by atoms with Crippen molar-refractivity contribution in [2.75, 3.05) is 0 Å². The topological polar surface area (TPSA) is 55.6 Å². The van der Waals surface area contributed by atoms with E-state index < -0.39 is 0 Å². The van der Waals surface area contributed by atoms with E-state index in [0.29, 0.717) is 6.54 Å². The molecule has 2 aromatic rings. The molecule has 2 heterocycles. The summed E-state index contributed by atoms with van der Waals surface area (Å²) in [6.45, 7) is 12.1. The maximum absolute atomic E-state index is 4.09. The SMILES string of the molecule is Cc1cc(Cn2nnnc2CNC(C)(C)C)sc1C. The third-order valence-electron chi connectivity index (χ3n) is 2.91. The largest absolute Gasteiger partial charge is 0.305 e. The van der Waals surface area contributed by atoms with Crippen molar-refractivity contribution in [1.82, 2.24) is 25.5 Å². The van der Waals surface area contributed by atoms with Crippen LogP contribution < -0.4 is 5.32 Å². The first-order chi connectivity index (χ1) is 8.85. The second kappa shape index (κ2) is 5.38. The van der Waals surface area contributed by atoms with E-state index in [1.807, 2.05) is 16.0 Å². The molecule has 2 aromatic heterocycles. The van der Waals surface area contributed by atoms with Crippen molar-refractivity contribution in [3.8, 4) is 0 Å². The molecule has 0 aliphatic rings. The van der Waals surface area contributed by atoms with E-state index in [0.717, 1.165) is 12.4 Å². The first-order valence-corrected chi connectivity index (χ1v) is 7.23. The fourth-order valence-electron chi connectivity index (χ4n) is 1.69. The van der Waals surface area contributed by atoms with Crippen molar-refractivity contribution in [3.63, 3.8) is 0 Å². The van der Waals surface area contributed by atoms with Gasteiger partial charge in [-0.1, -0.05) is 0 Å². The van der Waals surface area contributed by atoms with E-state index >= 15 is 0 Å². The van der Waals surface area contributed by atoms with Crippen LogP contribution in [0, 0.1) is 13.8 Å². The van der Waals surface area contributed by atoms with Gasteiger partial charge in [0.05, 0.1) is 13.1 Å². The minimum atomic E-state index is 0.0624. The summed E-state index contributed by atoms with van der Waals surface area (Å²) in [7, 11) is 0. The van der Waals surface area contributed by atoms with Gasteiger partial charge < -0.3 is 5.32 Å². The number of aryl methyl sites for hydroxylation is 2. The summed E-state index contributed by atoms with van der Waals surface area (Å²) < 4.78 is 1.86. The average Bonchev–Trinajstić information content (AvgIpc) is 2.84. The Hall–Kier alpha value is -1.27. The number of hydrogen-bond acceptors (Lipinski definition) is 5. The molecule has 0 aliphatic carbocycles. The van der Waals surface area contributed by atoms with Crippen LogP contribution in [0.5, 0.6) is 0 Å². The van der Waals surface area contributed by atoms with Gasteiger partial charge in [0, 0.05) is 15.3 Å². The standard InChI is InChI=1S/C13H21N5S/c1-9-6-11(19-10(9)2)8-18-12(15-16-17-18)7-14-13(3,4)5/h6,14H,7-8H2,1-5H3. The number of tetrazole rings is 1. The molecule has 0 saturated carbocycles. The van der Waals surface area contributed by atoms with Crippen LogP contribution in [0.1, 0.15) is 41.9 Å². The Labute approximate surface area is 118 Å². The van der Waals surface area contributed by atoms with Crippen LogP contribution in [0.4, 0.5) is 0 Å². The van der Waals surface area contributed by atoms with Gasteiger partial charge in [0.25, 0.3) is 0 Å². The molecule has 0 bridgehead atoms. The Morgan fingerprint density at radius 2 is 2.05 bits per heavy atom. The number of nitrogens with one attached hydrogen (secondary N) is 1. The zero-order valence-electron chi connectivity index (χ0n) is 12.2.